The summed E-state index contributed by atoms with van der Waals surface area (Å²) < 4.78 is 37.6. The fraction of sp³-hybridized carbons (Fsp3) is 0.111. The van der Waals surface area contributed by atoms with E-state index in [1.807, 2.05) is 0 Å². The van der Waals surface area contributed by atoms with E-state index in [2.05, 4.69) is 9.97 Å². The molecular weight excluding hydrogens is 209 g/mol. The van der Waals surface area contributed by atoms with E-state index >= 15 is 0 Å². The lowest BCUT2D eigenvalue weighted by molar-refractivity contribution is -0.139. The molecule has 0 aliphatic carbocycles. The Labute approximate surface area is 81.9 Å². The Bertz CT molecular complexity index is 516. The number of nitrogens with zero attached hydrogens (tertiary/aromatic N) is 1. The molecule has 0 fully saturated rings. The zero-order chi connectivity index (χ0) is 11.1. The quantitative estimate of drug-likeness (QED) is 0.741. The summed E-state index contributed by atoms with van der Waals surface area (Å²) in [5, 5.41) is -0.181. The molecule has 78 valence electrons. The maximum absolute atomic E-state index is 12.5. The maximum Gasteiger partial charge on any atom is 0.434 e. The first-order chi connectivity index (χ1) is 7.04. The number of pyridine rings is 1. The van der Waals surface area contributed by atoms with Crippen molar-refractivity contribution in [1.82, 2.24) is 9.97 Å². The van der Waals surface area contributed by atoms with Crippen LogP contribution in [0.5, 0.6) is 0 Å². The smallest absolute Gasteiger partial charge is 0.360 e. The van der Waals surface area contributed by atoms with Crippen molar-refractivity contribution in [3.63, 3.8) is 0 Å². The Hall–Kier alpha value is -1.85. The highest BCUT2D eigenvalue weighted by atomic mass is 19.4. The van der Waals surface area contributed by atoms with Crippen LogP contribution in [0.15, 0.2) is 18.5 Å². The Morgan fingerprint density at radius 3 is 2.73 bits per heavy atom. The predicted octanol–water partition coefficient (Wildman–Crippen LogP) is 2.39. The topological polar surface area (TPSA) is 45.8 Å². The van der Waals surface area contributed by atoms with Gasteiger partial charge >= 0.3 is 6.18 Å². The van der Waals surface area contributed by atoms with Crippen LogP contribution in [0.1, 0.15) is 16.1 Å². The van der Waals surface area contributed by atoms with Crippen LogP contribution in [0.2, 0.25) is 0 Å². The summed E-state index contributed by atoms with van der Waals surface area (Å²) in [6, 6.07) is 1.39. The highest BCUT2D eigenvalue weighted by Gasteiger charge is 2.35. The van der Waals surface area contributed by atoms with Crippen LogP contribution >= 0.6 is 0 Å². The lowest BCUT2D eigenvalue weighted by atomic mass is 10.1. The molecule has 0 aliphatic heterocycles. The van der Waals surface area contributed by atoms with Gasteiger partial charge in [-0.1, -0.05) is 0 Å². The summed E-state index contributed by atoms with van der Waals surface area (Å²) in [6.45, 7) is 0. The zero-order valence-corrected chi connectivity index (χ0v) is 7.30. The maximum atomic E-state index is 12.5. The first-order valence-electron chi connectivity index (χ1n) is 4.02. The van der Waals surface area contributed by atoms with Crippen molar-refractivity contribution in [3.05, 3.63) is 29.7 Å². The summed E-state index contributed by atoms with van der Waals surface area (Å²) in [7, 11) is 0. The van der Waals surface area contributed by atoms with Crippen LogP contribution in [0.4, 0.5) is 13.2 Å². The molecule has 0 bridgehead atoms. The number of hydrogen-bond acceptors (Lipinski definition) is 2. The molecule has 15 heavy (non-hydrogen) atoms. The van der Waals surface area contributed by atoms with Gasteiger partial charge in [-0.15, -0.1) is 0 Å². The molecular formula is C9H5F3N2O. The molecule has 2 aromatic rings. The number of nitrogens with one attached hydrogen (secondary N) is 1. The van der Waals surface area contributed by atoms with Gasteiger partial charge in [0.25, 0.3) is 0 Å². The van der Waals surface area contributed by atoms with Crippen molar-refractivity contribution in [1.29, 1.82) is 0 Å². The number of aromatic amines is 1. The minimum absolute atomic E-state index is 0.0366. The highest BCUT2D eigenvalue weighted by molar-refractivity contribution is 5.98. The van der Waals surface area contributed by atoms with E-state index < -0.39 is 11.9 Å². The number of halogens is 3. The second-order valence-electron chi connectivity index (χ2n) is 2.94. The number of rotatable bonds is 1. The Morgan fingerprint density at radius 2 is 2.13 bits per heavy atom. The van der Waals surface area contributed by atoms with Crippen molar-refractivity contribution >= 4 is 17.2 Å². The van der Waals surface area contributed by atoms with Crippen molar-refractivity contribution in [2.24, 2.45) is 0 Å². The third-order valence-electron chi connectivity index (χ3n) is 2.02. The number of carbonyl (C=O) groups excluding carboxylic acids is 1. The molecule has 0 unspecified atom stereocenters. The lowest BCUT2D eigenvalue weighted by Crippen LogP contribution is -2.08. The molecule has 0 aromatic carbocycles. The van der Waals surface area contributed by atoms with Gasteiger partial charge in [0.05, 0.1) is 0 Å². The number of alkyl halides is 3. The molecule has 0 spiro atoms. The molecule has 0 saturated heterocycles. The summed E-state index contributed by atoms with van der Waals surface area (Å²) in [6.07, 6.45) is -1.90. The molecule has 3 nitrogen and oxygen atoms in total. The van der Waals surface area contributed by atoms with E-state index in [9.17, 15) is 18.0 Å². The van der Waals surface area contributed by atoms with Gasteiger partial charge in [-0.2, -0.15) is 13.2 Å². The standard InChI is InChI=1S/C9H5F3N2O/c10-9(11,12)8-7-5(4-15)3-14-6(7)1-2-13-8/h1-4,14H. The van der Waals surface area contributed by atoms with Crippen molar-refractivity contribution < 1.29 is 18.0 Å². The van der Waals surface area contributed by atoms with Crippen LogP contribution < -0.4 is 0 Å². The van der Waals surface area contributed by atoms with Gasteiger partial charge in [0.2, 0.25) is 0 Å². The second-order valence-corrected chi connectivity index (χ2v) is 2.94. The Balaban J connectivity index is 2.84. The van der Waals surface area contributed by atoms with Gasteiger partial charge in [-0.3, -0.25) is 9.78 Å². The molecule has 2 heterocycles. The average Bonchev–Trinajstić information content (AvgIpc) is 2.58. The Morgan fingerprint density at radius 1 is 1.40 bits per heavy atom. The summed E-state index contributed by atoms with van der Waals surface area (Å²) in [5.74, 6) is 0. The fourth-order valence-electron chi connectivity index (χ4n) is 1.41. The van der Waals surface area contributed by atoms with Crippen LogP contribution in [-0.2, 0) is 6.18 Å². The zero-order valence-electron chi connectivity index (χ0n) is 7.30. The van der Waals surface area contributed by atoms with Crippen LogP contribution in [0.25, 0.3) is 10.9 Å². The molecule has 0 aliphatic rings. The fourth-order valence-corrected chi connectivity index (χ4v) is 1.41. The molecule has 0 atom stereocenters. The van der Waals surface area contributed by atoms with Gasteiger partial charge in [-0.25, -0.2) is 0 Å². The largest absolute Gasteiger partial charge is 0.434 e. The third-order valence-corrected chi connectivity index (χ3v) is 2.02. The lowest BCUT2D eigenvalue weighted by Gasteiger charge is -2.06. The summed E-state index contributed by atoms with van der Waals surface area (Å²) in [4.78, 5) is 16.4. The molecule has 0 saturated carbocycles. The first kappa shape index (κ1) is 9.70. The van der Waals surface area contributed by atoms with E-state index in [4.69, 9.17) is 0 Å². The van der Waals surface area contributed by atoms with Gasteiger partial charge in [0, 0.05) is 28.9 Å². The average molecular weight is 214 g/mol. The molecule has 2 aromatic heterocycles. The predicted molar refractivity (Wildman–Crippen MR) is 46.5 cm³/mol. The van der Waals surface area contributed by atoms with E-state index in [-0.39, 0.29) is 16.5 Å². The minimum atomic E-state index is -4.56. The van der Waals surface area contributed by atoms with Gasteiger partial charge in [-0.05, 0) is 6.07 Å². The van der Waals surface area contributed by atoms with Crippen molar-refractivity contribution in [3.8, 4) is 0 Å². The van der Waals surface area contributed by atoms with Crippen LogP contribution in [-0.4, -0.2) is 16.3 Å². The van der Waals surface area contributed by atoms with E-state index in [1.165, 1.54) is 12.3 Å². The number of aromatic nitrogens is 2. The molecule has 1 N–H and O–H groups in total. The van der Waals surface area contributed by atoms with Crippen molar-refractivity contribution in [2.45, 2.75) is 6.18 Å². The van der Waals surface area contributed by atoms with Crippen LogP contribution in [0, 0.1) is 0 Å². The number of H-pyrrole nitrogens is 1. The number of aldehydes is 1. The van der Waals surface area contributed by atoms with E-state index in [1.54, 1.807) is 0 Å². The highest BCUT2D eigenvalue weighted by Crippen LogP contribution is 2.33. The number of fused-ring (bicyclic) bond motifs is 1. The second kappa shape index (κ2) is 3.08. The SMILES string of the molecule is O=Cc1c[nH]c2ccnc(C(F)(F)F)c12. The van der Waals surface area contributed by atoms with Gasteiger partial charge < -0.3 is 4.98 Å². The number of hydrogen-bond donors (Lipinski definition) is 1. The minimum Gasteiger partial charge on any atom is -0.360 e. The van der Waals surface area contributed by atoms with Gasteiger partial charge in [0.1, 0.15) is 0 Å². The monoisotopic (exact) mass is 214 g/mol. The van der Waals surface area contributed by atoms with E-state index in [0.717, 1.165) is 6.20 Å². The van der Waals surface area contributed by atoms with Crippen LogP contribution in [0.3, 0.4) is 0 Å². The Kier molecular flexibility index (Phi) is 1.99. The third kappa shape index (κ3) is 1.47. The molecule has 0 amide bonds. The number of carbonyl (C=O) groups is 1. The molecule has 2 rings (SSSR count). The molecule has 0 radical (unpaired) electrons. The molecule has 6 heteroatoms. The van der Waals surface area contributed by atoms with Crippen molar-refractivity contribution in [2.75, 3.05) is 0 Å². The summed E-state index contributed by atoms with van der Waals surface area (Å²) in [5.41, 5.74) is -0.826. The first-order valence-corrected chi connectivity index (χ1v) is 4.02. The normalized spacial score (nSPS) is 11.9. The van der Waals surface area contributed by atoms with E-state index in [0.29, 0.717) is 6.29 Å². The summed E-state index contributed by atoms with van der Waals surface area (Å²) >= 11 is 0. The van der Waals surface area contributed by atoms with Gasteiger partial charge in [0.15, 0.2) is 12.0 Å².